The van der Waals surface area contributed by atoms with Crippen molar-refractivity contribution in [2.45, 2.75) is 76.9 Å². The molecule has 2 heterocycles. The summed E-state index contributed by atoms with van der Waals surface area (Å²) in [6, 6.07) is 0. The Morgan fingerprint density at radius 3 is 1.92 bits per heavy atom. The number of hydrogen-bond acceptors (Lipinski definition) is 14. The van der Waals surface area contributed by atoms with Crippen molar-refractivity contribution < 1.29 is 67.0 Å². The number of hydrogen-bond donors (Lipinski definition) is 2. The molecule has 0 aromatic heterocycles. The predicted octanol–water partition coefficient (Wildman–Crippen LogP) is -1.32. The fourth-order valence-electron chi connectivity index (χ4n) is 3.47. The molecule has 0 bridgehead atoms. The maximum Gasteiger partial charge on any atom is 0.404 e. The topological polar surface area (TPSA) is 205 Å². The summed E-state index contributed by atoms with van der Waals surface area (Å²) in [6.07, 6.45) is -9.11. The molecule has 8 atom stereocenters. The second-order valence-corrected chi connectivity index (χ2v) is 7.75. The van der Waals surface area contributed by atoms with E-state index < -0.39 is 85.8 Å². The van der Waals surface area contributed by atoms with Gasteiger partial charge < -0.3 is 48.7 Å². The van der Waals surface area contributed by atoms with E-state index in [1.54, 1.807) is 0 Å². The highest BCUT2D eigenvalue weighted by atomic mass is 16.7. The third kappa shape index (κ3) is 9.22. The van der Waals surface area contributed by atoms with Gasteiger partial charge in [-0.3, -0.25) is 19.2 Å². The molecule has 15 nitrogen and oxygen atoms in total. The van der Waals surface area contributed by atoms with Crippen LogP contribution in [0.1, 0.15) is 27.7 Å². The van der Waals surface area contributed by atoms with Crippen LogP contribution in [0.3, 0.4) is 0 Å². The zero-order valence-corrected chi connectivity index (χ0v) is 20.0. The maximum absolute atomic E-state index is 11.8. The summed E-state index contributed by atoms with van der Waals surface area (Å²) in [5, 5.41) is 10.7. The molecule has 0 spiro atoms. The molecule has 2 radical (unpaired) electrons. The molecule has 15 heteroatoms. The average Bonchev–Trinajstić information content (AvgIpc) is 2.74. The molecule has 2 aliphatic rings. The lowest BCUT2D eigenvalue weighted by Gasteiger charge is -2.45. The lowest BCUT2D eigenvalue weighted by atomic mass is 9.98. The van der Waals surface area contributed by atoms with E-state index in [1.165, 1.54) is 19.8 Å². The van der Waals surface area contributed by atoms with Crippen molar-refractivity contribution in [3.63, 3.8) is 0 Å². The quantitative estimate of drug-likeness (QED) is 0.268. The number of primary amides is 1. The van der Waals surface area contributed by atoms with Crippen molar-refractivity contribution in [1.29, 1.82) is 0 Å². The second-order valence-electron chi connectivity index (χ2n) is 7.75. The van der Waals surface area contributed by atoms with Crippen LogP contribution in [0.5, 0.6) is 0 Å². The van der Waals surface area contributed by atoms with Gasteiger partial charge in [-0.1, -0.05) is 0 Å². The summed E-state index contributed by atoms with van der Waals surface area (Å²) in [6.45, 7) is 3.79. The Bertz CT molecular complexity index is 818. The van der Waals surface area contributed by atoms with Crippen molar-refractivity contribution >= 4 is 30.0 Å². The van der Waals surface area contributed by atoms with Crippen molar-refractivity contribution in [3.05, 3.63) is 12.8 Å². The van der Waals surface area contributed by atoms with Gasteiger partial charge in [0.15, 0.2) is 30.9 Å². The molecule has 202 valence electrons. The molecular weight excluding hydrogens is 490 g/mol. The van der Waals surface area contributed by atoms with Gasteiger partial charge in [0.1, 0.15) is 31.5 Å². The van der Waals surface area contributed by atoms with Crippen LogP contribution in [-0.2, 0) is 57.1 Å². The van der Waals surface area contributed by atoms with Crippen LogP contribution in [0, 0.1) is 12.8 Å². The van der Waals surface area contributed by atoms with Crippen LogP contribution in [0.25, 0.3) is 0 Å². The molecule has 0 saturated carbocycles. The number of rotatable bonds is 9. The third-order valence-corrected chi connectivity index (χ3v) is 4.72. The van der Waals surface area contributed by atoms with Crippen LogP contribution >= 0.6 is 0 Å². The number of esters is 4. The summed E-state index contributed by atoms with van der Waals surface area (Å²) < 4.78 is 42.2. The summed E-state index contributed by atoms with van der Waals surface area (Å²) in [5.74, 6) is -2.86. The SMILES string of the molecule is CC(=O)OC[C@H]1[CH][C@H](OC(N)=O)[CH][C@@H](O[C@@H]2C(O)O[C@@H](COC(C)=O)[C@@H](OC(C)=O)[C@@H]2OC(C)=O)O1. The average molecular weight is 519 g/mol. The monoisotopic (exact) mass is 519 g/mol. The van der Waals surface area contributed by atoms with E-state index in [0.29, 0.717) is 0 Å². The zero-order valence-electron chi connectivity index (χ0n) is 20.0. The van der Waals surface area contributed by atoms with Gasteiger partial charge in [-0.05, 0) is 0 Å². The lowest BCUT2D eigenvalue weighted by molar-refractivity contribution is -0.328. The number of carbonyl (C=O) groups excluding carboxylic acids is 5. The van der Waals surface area contributed by atoms with E-state index >= 15 is 0 Å². The van der Waals surface area contributed by atoms with E-state index in [1.807, 2.05) is 0 Å². The van der Waals surface area contributed by atoms with E-state index in [-0.39, 0.29) is 6.61 Å². The van der Waals surface area contributed by atoms with Gasteiger partial charge in [0.05, 0.1) is 6.42 Å². The highest BCUT2D eigenvalue weighted by Gasteiger charge is 2.52. The minimum absolute atomic E-state index is 0.265. The first-order chi connectivity index (χ1) is 16.8. The molecule has 3 N–H and O–H groups in total. The smallest absolute Gasteiger partial charge is 0.404 e. The van der Waals surface area contributed by atoms with Gasteiger partial charge in [-0.2, -0.15) is 0 Å². The summed E-state index contributed by atoms with van der Waals surface area (Å²) in [5.41, 5.74) is 5.08. The molecule has 1 unspecified atom stereocenters. The number of amides is 1. The summed E-state index contributed by atoms with van der Waals surface area (Å²) in [7, 11) is 0. The number of nitrogens with two attached hydrogens (primary N) is 1. The molecule has 2 saturated heterocycles. The van der Waals surface area contributed by atoms with Gasteiger partial charge in [0.2, 0.25) is 0 Å². The Kier molecular flexibility index (Phi) is 10.8. The highest BCUT2D eigenvalue weighted by molar-refractivity contribution is 5.68. The minimum Gasteiger partial charge on any atom is -0.463 e. The highest BCUT2D eigenvalue weighted by Crippen LogP contribution is 2.31. The third-order valence-electron chi connectivity index (χ3n) is 4.72. The first kappa shape index (κ1) is 29.2. The molecule has 2 fully saturated rings. The molecule has 0 aromatic carbocycles. The first-order valence-corrected chi connectivity index (χ1v) is 10.8. The Labute approximate surface area is 206 Å². The molecule has 0 aromatic rings. The minimum atomic E-state index is -1.79. The lowest BCUT2D eigenvalue weighted by Crippen LogP contribution is -2.63. The normalized spacial score (nSPS) is 32.0. The summed E-state index contributed by atoms with van der Waals surface area (Å²) >= 11 is 0. The van der Waals surface area contributed by atoms with E-state index in [4.69, 9.17) is 43.6 Å². The van der Waals surface area contributed by atoms with Crippen LogP contribution in [0.4, 0.5) is 4.79 Å². The Balaban J connectivity index is 2.27. The van der Waals surface area contributed by atoms with Gasteiger partial charge in [0, 0.05) is 34.1 Å². The van der Waals surface area contributed by atoms with Gasteiger partial charge >= 0.3 is 30.0 Å². The molecule has 0 aliphatic carbocycles. The fraction of sp³-hybridized carbons (Fsp3) is 0.667. The van der Waals surface area contributed by atoms with E-state index in [0.717, 1.165) is 20.8 Å². The first-order valence-electron chi connectivity index (χ1n) is 10.8. The van der Waals surface area contributed by atoms with Gasteiger partial charge in [-0.25, -0.2) is 4.79 Å². The summed E-state index contributed by atoms with van der Waals surface area (Å²) in [4.78, 5) is 57.3. The predicted molar refractivity (Wildman–Crippen MR) is 112 cm³/mol. The second kappa shape index (κ2) is 13.3. The number of aliphatic hydroxyl groups excluding tert-OH is 1. The maximum atomic E-state index is 11.8. The van der Waals surface area contributed by atoms with Crippen LogP contribution in [0.2, 0.25) is 0 Å². The standard InChI is InChI=1S/C21H29NO14/c1-9(23)29-7-14-5-13(34-21(22)28)6-16(33-14)36-19-18(32-12(4)26)17(31-11(3)25)15(35-20(19)27)8-30-10(2)24/h5-6,13-20,27H,7-8H2,1-4H3,(H2,22,28)/t13-,14+,15-,16+,17+,18-,19-,20?/m0/s1. The van der Waals surface area contributed by atoms with Crippen LogP contribution in [0.15, 0.2) is 0 Å². The van der Waals surface area contributed by atoms with Gasteiger partial charge in [-0.15, -0.1) is 0 Å². The van der Waals surface area contributed by atoms with E-state index in [9.17, 15) is 29.1 Å². The molecule has 2 rings (SSSR count). The fourth-order valence-corrected chi connectivity index (χ4v) is 3.47. The Morgan fingerprint density at radius 2 is 1.36 bits per heavy atom. The van der Waals surface area contributed by atoms with Gasteiger partial charge in [0.25, 0.3) is 0 Å². The van der Waals surface area contributed by atoms with Crippen molar-refractivity contribution in [1.82, 2.24) is 0 Å². The molecule has 36 heavy (non-hydrogen) atoms. The van der Waals surface area contributed by atoms with Crippen molar-refractivity contribution in [2.24, 2.45) is 5.73 Å². The number of carbonyl (C=O) groups is 5. The van der Waals surface area contributed by atoms with E-state index in [2.05, 4.69) is 0 Å². The molecule has 2 aliphatic heterocycles. The van der Waals surface area contributed by atoms with Crippen molar-refractivity contribution in [3.8, 4) is 0 Å². The number of ether oxygens (including phenoxy) is 8. The Morgan fingerprint density at radius 1 is 0.778 bits per heavy atom. The number of aliphatic hydroxyl groups is 1. The zero-order chi connectivity index (χ0) is 27.0. The van der Waals surface area contributed by atoms with Crippen LogP contribution < -0.4 is 5.73 Å². The molecule has 1 amide bonds. The van der Waals surface area contributed by atoms with Crippen LogP contribution in [-0.4, -0.2) is 97.5 Å². The Hall–Kier alpha value is -3.01. The largest absolute Gasteiger partial charge is 0.463 e. The molecular formula is C21H29NO14. The van der Waals surface area contributed by atoms with Crippen molar-refractivity contribution in [2.75, 3.05) is 13.2 Å².